The van der Waals surface area contributed by atoms with Gasteiger partial charge in [-0.15, -0.1) is 0 Å². The highest BCUT2D eigenvalue weighted by atomic mass is 16.4. The standard InChI is InChI=1S/2C25H32N2O4/c2*1-18-16-27(12-11-25(18,2)21-9-6-10-22(28)14-21)17-20(24(31)26-15-23(29)30)13-19-7-4-3-5-8-19/h2*3-10,14,18,20,28H,11-13,15-17H2,1-2H3,(H,26,31)(H,29,30)/t2*18-,20-,25+/m00/s1. The van der Waals surface area contributed by atoms with Crippen molar-refractivity contribution >= 4 is 23.8 Å². The lowest BCUT2D eigenvalue weighted by atomic mass is 9.68. The Kier molecular flexibility index (Phi) is 16.7. The number of nitrogens with zero attached hydrogens (tertiary/aromatic N) is 2. The molecule has 2 aliphatic heterocycles. The third kappa shape index (κ3) is 13.1. The number of phenolic OH excluding ortho intramolecular Hbond substituents is 2. The molecule has 4 aromatic rings. The molecule has 0 unspecified atom stereocenters. The Morgan fingerprint density at radius 1 is 0.597 bits per heavy atom. The quantitative estimate of drug-likeness (QED) is 0.0772. The van der Waals surface area contributed by atoms with E-state index in [1.165, 1.54) is 0 Å². The van der Waals surface area contributed by atoms with Crippen molar-refractivity contribution < 1.29 is 39.6 Å². The van der Waals surface area contributed by atoms with E-state index in [1.807, 2.05) is 84.9 Å². The van der Waals surface area contributed by atoms with Crippen LogP contribution < -0.4 is 10.6 Å². The lowest BCUT2D eigenvalue weighted by Crippen LogP contribution is -2.50. The fraction of sp³-hybridized carbons (Fsp3) is 0.440. The molecule has 2 amide bonds. The van der Waals surface area contributed by atoms with Gasteiger partial charge in [0.25, 0.3) is 0 Å². The van der Waals surface area contributed by atoms with Crippen molar-refractivity contribution in [3.05, 3.63) is 131 Å². The summed E-state index contributed by atoms with van der Waals surface area (Å²) >= 11 is 0. The lowest BCUT2D eigenvalue weighted by molar-refractivity contribution is -0.139. The number of carbonyl (C=O) groups excluding carboxylic acids is 2. The molecule has 6 atom stereocenters. The van der Waals surface area contributed by atoms with Crippen LogP contribution in [-0.2, 0) is 42.8 Å². The van der Waals surface area contributed by atoms with Gasteiger partial charge < -0.3 is 40.9 Å². The van der Waals surface area contributed by atoms with Gasteiger partial charge in [0.1, 0.15) is 24.6 Å². The number of rotatable bonds is 16. The fourth-order valence-corrected chi connectivity index (χ4v) is 9.06. The predicted octanol–water partition coefficient (Wildman–Crippen LogP) is 6.10. The van der Waals surface area contributed by atoms with E-state index >= 15 is 0 Å². The monoisotopic (exact) mass is 848 g/mol. The number of nitrogens with one attached hydrogen (secondary N) is 2. The SMILES string of the molecule is C[C@H]1CN(C[C@H](Cc2ccccc2)C(=O)NCC(=O)O)CC[C@@]1(C)c1cccc(O)c1.C[C@H]1CN(C[C@H](Cc2ccccc2)C(=O)NCC(=O)O)CC[C@@]1(C)c1cccc(O)c1. The van der Waals surface area contributed by atoms with Crippen LogP contribution in [0.3, 0.4) is 0 Å². The van der Waals surface area contributed by atoms with Crippen LogP contribution in [0.15, 0.2) is 109 Å². The van der Waals surface area contributed by atoms with Gasteiger partial charge in [-0.25, -0.2) is 0 Å². The molecule has 4 aromatic carbocycles. The average molecular weight is 849 g/mol. The van der Waals surface area contributed by atoms with Gasteiger partial charge in [0.05, 0.1) is 11.8 Å². The molecule has 0 radical (unpaired) electrons. The minimum absolute atomic E-state index is 0.0459. The van der Waals surface area contributed by atoms with Gasteiger partial charge in [0, 0.05) is 26.2 Å². The zero-order valence-electron chi connectivity index (χ0n) is 36.5. The molecule has 2 aliphatic rings. The molecule has 0 aromatic heterocycles. The second-order valence-corrected chi connectivity index (χ2v) is 17.8. The molecule has 6 N–H and O–H groups in total. The largest absolute Gasteiger partial charge is 0.508 e. The molecular weight excluding hydrogens is 785 g/mol. The Hall–Kier alpha value is -5.72. The number of aromatic hydroxyl groups is 2. The fourth-order valence-electron chi connectivity index (χ4n) is 9.06. The number of carbonyl (C=O) groups is 4. The highest BCUT2D eigenvalue weighted by Gasteiger charge is 2.40. The van der Waals surface area contributed by atoms with Crippen molar-refractivity contribution in [1.82, 2.24) is 20.4 Å². The van der Waals surface area contributed by atoms with Crippen LogP contribution >= 0.6 is 0 Å². The summed E-state index contributed by atoms with van der Waals surface area (Å²) in [6.07, 6.45) is 2.99. The zero-order chi connectivity index (χ0) is 44.9. The Labute approximate surface area is 366 Å². The van der Waals surface area contributed by atoms with E-state index < -0.39 is 11.9 Å². The molecule has 2 saturated heterocycles. The maximum absolute atomic E-state index is 12.8. The molecule has 12 heteroatoms. The van der Waals surface area contributed by atoms with Crippen molar-refractivity contribution in [1.29, 1.82) is 0 Å². The number of carboxylic acids is 2. The number of hydrogen-bond acceptors (Lipinski definition) is 8. The number of likely N-dealkylation sites (tertiary alicyclic amines) is 2. The van der Waals surface area contributed by atoms with Crippen LogP contribution in [0, 0.1) is 23.7 Å². The first-order valence-electron chi connectivity index (χ1n) is 21.7. The molecule has 62 heavy (non-hydrogen) atoms. The van der Waals surface area contributed by atoms with Gasteiger partial charge >= 0.3 is 11.9 Å². The van der Waals surface area contributed by atoms with Gasteiger partial charge in [-0.3, -0.25) is 19.2 Å². The van der Waals surface area contributed by atoms with Gasteiger partial charge in [-0.2, -0.15) is 0 Å². The van der Waals surface area contributed by atoms with E-state index in [4.69, 9.17) is 10.2 Å². The first kappa shape index (κ1) is 47.3. The third-order valence-corrected chi connectivity index (χ3v) is 13.3. The third-order valence-electron chi connectivity index (χ3n) is 13.3. The molecule has 6 rings (SSSR count). The summed E-state index contributed by atoms with van der Waals surface area (Å²) in [6, 6.07) is 34.7. The molecule has 2 heterocycles. The topological polar surface area (TPSA) is 180 Å². The summed E-state index contributed by atoms with van der Waals surface area (Å²) in [7, 11) is 0. The molecule has 12 nitrogen and oxygen atoms in total. The molecule has 0 aliphatic carbocycles. The Bertz CT molecular complexity index is 1950. The zero-order valence-corrected chi connectivity index (χ0v) is 36.5. The Morgan fingerprint density at radius 2 is 0.968 bits per heavy atom. The minimum atomic E-state index is -1.04. The maximum atomic E-state index is 12.8. The highest BCUT2D eigenvalue weighted by Crippen LogP contribution is 2.42. The van der Waals surface area contributed by atoms with Crippen molar-refractivity contribution in [2.24, 2.45) is 23.7 Å². The van der Waals surface area contributed by atoms with E-state index in [9.17, 15) is 29.4 Å². The Morgan fingerprint density at radius 3 is 1.29 bits per heavy atom. The average Bonchev–Trinajstić information content (AvgIpc) is 3.25. The van der Waals surface area contributed by atoms with Crippen molar-refractivity contribution in [2.75, 3.05) is 52.4 Å². The van der Waals surface area contributed by atoms with Gasteiger partial charge in [0.2, 0.25) is 11.8 Å². The highest BCUT2D eigenvalue weighted by molar-refractivity contribution is 5.84. The Balaban J connectivity index is 0.000000234. The molecule has 332 valence electrons. The van der Waals surface area contributed by atoms with Crippen LogP contribution in [0.1, 0.15) is 62.8 Å². The number of phenols is 2. The second kappa shape index (κ2) is 21.9. The summed E-state index contributed by atoms with van der Waals surface area (Å²) in [4.78, 5) is 52.0. The van der Waals surface area contributed by atoms with Crippen LogP contribution in [0.2, 0.25) is 0 Å². The van der Waals surface area contributed by atoms with Crippen LogP contribution in [0.5, 0.6) is 11.5 Å². The summed E-state index contributed by atoms with van der Waals surface area (Å²) in [5.74, 6) is -1.93. The summed E-state index contributed by atoms with van der Waals surface area (Å²) < 4.78 is 0. The first-order valence-corrected chi connectivity index (χ1v) is 21.7. The molecular formula is C50H64N4O8. The van der Waals surface area contributed by atoms with Gasteiger partial charge in [-0.1, -0.05) is 113 Å². The van der Waals surface area contributed by atoms with Gasteiger partial charge in [-0.05, 0) is 108 Å². The maximum Gasteiger partial charge on any atom is 0.322 e. The molecule has 2 fully saturated rings. The van der Waals surface area contributed by atoms with E-state index in [0.717, 1.165) is 61.3 Å². The number of carboxylic acid groups (broad SMARTS) is 2. The molecule has 0 saturated carbocycles. The number of benzene rings is 4. The number of aliphatic carboxylic acids is 2. The summed E-state index contributed by atoms with van der Waals surface area (Å²) in [5, 5.41) is 42.8. The number of piperidine rings is 2. The van der Waals surface area contributed by atoms with Crippen molar-refractivity contribution in [2.45, 2.75) is 64.2 Å². The van der Waals surface area contributed by atoms with E-state index in [2.05, 4.69) is 60.3 Å². The number of hydrogen-bond donors (Lipinski definition) is 6. The lowest BCUT2D eigenvalue weighted by Gasteiger charge is -2.45. The van der Waals surface area contributed by atoms with Gasteiger partial charge in [0.15, 0.2) is 0 Å². The summed E-state index contributed by atoms with van der Waals surface area (Å²) in [5.41, 5.74) is 4.31. The predicted molar refractivity (Wildman–Crippen MR) is 240 cm³/mol. The second-order valence-electron chi connectivity index (χ2n) is 17.8. The molecule has 0 spiro atoms. The van der Waals surface area contributed by atoms with Crippen molar-refractivity contribution in [3.63, 3.8) is 0 Å². The number of amides is 2. The van der Waals surface area contributed by atoms with E-state index in [0.29, 0.717) is 37.8 Å². The van der Waals surface area contributed by atoms with E-state index in [-0.39, 0.29) is 59.1 Å². The van der Waals surface area contributed by atoms with Crippen molar-refractivity contribution in [3.8, 4) is 11.5 Å². The van der Waals surface area contributed by atoms with E-state index in [1.54, 1.807) is 12.1 Å². The minimum Gasteiger partial charge on any atom is -0.508 e. The summed E-state index contributed by atoms with van der Waals surface area (Å²) in [6.45, 7) is 12.7. The molecule has 0 bridgehead atoms. The first-order chi connectivity index (χ1) is 29.5. The van der Waals surface area contributed by atoms with Crippen LogP contribution in [0.4, 0.5) is 0 Å². The van der Waals surface area contributed by atoms with Crippen LogP contribution in [-0.4, -0.2) is 106 Å². The smallest absolute Gasteiger partial charge is 0.322 e. The van der Waals surface area contributed by atoms with Crippen LogP contribution in [0.25, 0.3) is 0 Å². The normalized spacial score (nSPS) is 22.6.